The molecule has 0 fully saturated rings. The van der Waals surface area contributed by atoms with Gasteiger partial charge >= 0.3 is 0 Å². The van der Waals surface area contributed by atoms with Crippen molar-refractivity contribution in [3.05, 3.63) is 83.8 Å². The zero-order valence-corrected chi connectivity index (χ0v) is 13.9. The molecule has 2 N–H and O–H groups in total. The van der Waals surface area contributed by atoms with Crippen molar-refractivity contribution in [3.8, 4) is 0 Å². The molecule has 6 heteroatoms. The van der Waals surface area contributed by atoms with Gasteiger partial charge in [0.15, 0.2) is 5.69 Å². The minimum Gasteiger partial charge on any atom is -0.365 e. The van der Waals surface area contributed by atoms with E-state index in [0.29, 0.717) is 12.4 Å². The molecule has 0 radical (unpaired) electrons. The molecule has 0 saturated heterocycles. The van der Waals surface area contributed by atoms with E-state index in [2.05, 4.69) is 25.8 Å². The molecular weight excluding hydrogens is 314 g/mol. The molecule has 0 aliphatic carbocycles. The zero-order valence-electron chi connectivity index (χ0n) is 13.9. The maximum absolute atomic E-state index is 12.3. The van der Waals surface area contributed by atoms with Gasteiger partial charge in [-0.15, -0.1) is 10.2 Å². The van der Waals surface area contributed by atoms with Gasteiger partial charge in [-0.25, -0.2) is 0 Å². The van der Waals surface area contributed by atoms with E-state index in [-0.39, 0.29) is 17.6 Å². The highest BCUT2D eigenvalue weighted by molar-refractivity contribution is 5.92. The number of nitrogens with one attached hydrogen (secondary N) is 2. The lowest BCUT2D eigenvalue weighted by atomic mass is 10.1. The number of anilines is 1. The predicted molar refractivity (Wildman–Crippen MR) is 95.9 cm³/mol. The van der Waals surface area contributed by atoms with Gasteiger partial charge in [-0.05, 0) is 42.3 Å². The molecule has 6 nitrogen and oxygen atoms in total. The van der Waals surface area contributed by atoms with E-state index in [0.717, 1.165) is 11.1 Å². The molecule has 126 valence electrons. The summed E-state index contributed by atoms with van der Waals surface area (Å²) in [6.07, 6.45) is 3.48. The number of carbonyl (C=O) groups excluding carboxylic acids is 1. The lowest BCUT2D eigenvalue weighted by Crippen LogP contribution is -2.27. The van der Waals surface area contributed by atoms with E-state index in [1.54, 1.807) is 24.5 Å². The Labute approximate surface area is 146 Å². The molecule has 0 aliphatic rings. The Hall–Kier alpha value is -3.28. The first kappa shape index (κ1) is 16.6. The Morgan fingerprint density at radius 3 is 2.44 bits per heavy atom. The van der Waals surface area contributed by atoms with Crippen molar-refractivity contribution in [3.63, 3.8) is 0 Å². The third kappa shape index (κ3) is 4.60. The molecule has 2 heterocycles. The van der Waals surface area contributed by atoms with Crippen LogP contribution in [0.1, 0.15) is 34.6 Å². The van der Waals surface area contributed by atoms with Crippen molar-refractivity contribution >= 4 is 11.7 Å². The second-order valence-electron chi connectivity index (χ2n) is 5.62. The summed E-state index contributed by atoms with van der Waals surface area (Å²) in [6.45, 7) is 2.55. The van der Waals surface area contributed by atoms with E-state index in [1.807, 2.05) is 49.4 Å². The minimum absolute atomic E-state index is 0.0972. The van der Waals surface area contributed by atoms with Crippen LogP contribution in [0.5, 0.6) is 0 Å². The van der Waals surface area contributed by atoms with Crippen LogP contribution >= 0.6 is 0 Å². The van der Waals surface area contributed by atoms with Crippen molar-refractivity contribution in [1.29, 1.82) is 0 Å². The number of nitrogens with zero attached hydrogens (tertiary/aromatic N) is 3. The van der Waals surface area contributed by atoms with Crippen molar-refractivity contribution in [1.82, 2.24) is 20.5 Å². The zero-order chi connectivity index (χ0) is 17.5. The Bertz CT molecular complexity index is 806. The topological polar surface area (TPSA) is 79.8 Å². The molecule has 3 rings (SSSR count). The normalized spacial score (nSPS) is 11.6. The molecule has 1 unspecified atom stereocenters. The van der Waals surface area contributed by atoms with Crippen LogP contribution in [0.25, 0.3) is 0 Å². The minimum atomic E-state index is -0.246. The molecule has 0 bridgehead atoms. The SMILES string of the molecule is CC(NC(=O)c1ccc(NCc2ccncc2)nn1)c1ccccc1. The molecule has 0 spiro atoms. The molecule has 2 aromatic heterocycles. The van der Waals surface area contributed by atoms with Gasteiger partial charge in [0.1, 0.15) is 5.82 Å². The number of rotatable bonds is 6. The molecule has 1 aromatic carbocycles. The third-order valence-corrected chi connectivity index (χ3v) is 3.77. The summed E-state index contributed by atoms with van der Waals surface area (Å²) in [6, 6.07) is 16.9. The summed E-state index contributed by atoms with van der Waals surface area (Å²) < 4.78 is 0. The number of aromatic nitrogens is 3. The highest BCUT2D eigenvalue weighted by Gasteiger charge is 2.12. The van der Waals surface area contributed by atoms with E-state index >= 15 is 0 Å². The summed E-state index contributed by atoms with van der Waals surface area (Å²) >= 11 is 0. The van der Waals surface area contributed by atoms with Gasteiger partial charge in [-0.1, -0.05) is 30.3 Å². The largest absolute Gasteiger partial charge is 0.365 e. The van der Waals surface area contributed by atoms with Crippen LogP contribution in [0.15, 0.2) is 67.0 Å². The Morgan fingerprint density at radius 1 is 1.00 bits per heavy atom. The van der Waals surface area contributed by atoms with Crippen molar-refractivity contribution < 1.29 is 4.79 Å². The fraction of sp³-hybridized carbons (Fsp3) is 0.158. The molecular formula is C19H19N5O. The van der Waals surface area contributed by atoms with Gasteiger partial charge in [0.2, 0.25) is 0 Å². The van der Waals surface area contributed by atoms with Gasteiger partial charge in [-0.2, -0.15) is 0 Å². The lowest BCUT2D eigenvalue weighted by molar-refractivity contribution is 0.0934. The van der Waals surface area contributed by atoms with Crippen LogP contribution in [-0.2, 0) is 6.54 Å². The number of hydrogen-bond acceptors (Lipinski definition) is 5. The Morgan fingerprint density at radius 2 is 1.76 bits per heavy atom. The fourth-order valence-corrected chi connectivity index (χ4v) is 2.34. The lowest BCUT2D eigenvalue weighted by Gasteiger charge is -2.13. The first-order valence-corrected chi connectivity index (χ1v) is 8.04. The van der Waals surface area contributed by atoms with Crippen LogP contribution in [0.2, 0.25) is 0 Å². The molecule has 0 saturated carbocycles. The second kappa shape index (κ2) is 8.01. The van der Waals surface area contributed by atoms with Gasteiger partial charge < -0.3 is 10.6 Å². The summed E-state index contributed by atoms with van der Waals surface area (Å²) in [7, 11) is 0. The number of benzene rings is 1. The third-order valence-electron chi connectivity index (χ3n) is 3.77. The van der Waals surface area contributed by atoms with E-state index in [9.17, 15) is 4.79 Å². The van der Waals surface area contributed by atoms with Gasteiger partial charge in [0, 0.05) is 18.9 Å². The fourth-order valence-electron chi connectivity index (χ4n) is 2.34. The maximum Gasteiger partial charge on any atom is 0.272 e. The van der Waals surface area contributed by atoms with E-state index in [1.165, 1.54) is 0 Å². The van der Waals surface area contributed by atoms with Crippen molar-refractivity contribution in [2.24, 2.45) is 0 Å². The van der Waals surface area contributed by atoms with E-state index in [4.69, 9.17) is 0 Å². The first-order chi connectivity index (χ1) is 12.2. The van der Waals surface area contributed by atoms with E-state index < -0.39 is 0 Å². The average Bonchev–Trinajstić information content (AvgIpc) is 2.68. The van der Waals surface area contributed by atoms with Gasteiger partial charge in [0.25, 0.3) is 5.91 Å². The highest BCUT2D eigenvalue weighted by atomic mass is 16.2. The number of amides is 1. The van der Waals surface area contributed by atoms with Crippen LogP contribution in [0.4, 0.5) is 5.82 Å². The van der Waals surface area contributed by atoms with Gasteiger partial charge in [0.05, 0.1) is 6.04 Å². The Kier molecular flexibility index (Phi) is 5.31. The van der Waals surface area contributed by atoms with Crippen LogP contribution in [0.3, 0.4) is 0 Å². The Balaban J connectivity index is 1.57. The maximum atomic E-state index is 12.3. The smallest absolute Gasteiger partial charge is 0.272 e. The van der Waals surface area contributed by atoms with Crippen LogP contribution in [0, 0.1) is 0 Å². The monoisotopic (exact) mass is 333 g/mol. The molecule has 0 aliphatic heterocycles. The second-order valence-corrected chi connectivity index (χ2v) is 5.62. The molecule has 1 atom stereocenters. The number of hydrogen-bond donors (Lipinski definition) is 2. The predicted octanol–water partition coefficient (Wildman–Crippen LogP) is 2.97. The summed E-state index contributed by atoms with van der Waals surface area (Å²) in [5.74, 6) is 0.369. The molecule has 3 aromatic rings. The quantitative estimate of drug-likeness (QED) is 0.725. The van der Waals surface area contributed by atoms with Gasteiger partial charge in [-0.3, -0.25) is 9.78 Å². The molecule has 1 amide bonds. The molecule has 25 heavy (non-hydrogen) atoms. The first-order valence-electron chi connectivity index (χ1n) is 8.04. The standard InChI is InChI=1S/C19H19N5O/c1-14(16-5-3-2-4-6-16)22-19(25)17-7-8-18(24-23-17)21-13-15-9-11-20-12-10-15/h2-12,14H,13H2,1H3,(H,21,24)(H,22,25). The van der Waals surface area contributed by atoms with Crippen molar-refractivity contribution in [2.45, 2.75) is 19.5 Å². The summed E-state index contributed by atoms with van der Waals surface area (Å²) in [5, 5.41) is 14.1. The summed E-state index contributed by atoms with van der Waals surface area (Å²) in [4.78, 5) is 16.3. The highest BCUT2D eigenvalue weighted by Crippen LogP contribution is 2.12. The number of carbonyl (C=O) groups is 1. The van der Waals surface area contributed by atoms with Crippen molar-refractivity contribution in [2.75, 3.05) is 5.32 Å². The van der Waals surface area contributed by atoms with Crippen LogP contribution < -0.4 is 10.6 Å². The van der Waals surface area contributed by atoms with Crippen LogP contribution in [-0.4, -0.2) is 21.1 Å². The summed E-state index contributed by atoms with van der Waals surface area (Å²) in [5.41, 5.74) is 2.42. The number of pyridine rings is 1. The average molecular weight is 333 g/mol.